The molecule has 0 radical (unpaired) electrons. The molecule has 0 saturated heterocycles. The molecule has 0 aliphatic carbocycles. The van der Waals surface area contributed by atoms with E-state index in [1.807, 2.05) is 257 Å². The zero-order chi connectivity index (χ0) is 96.1. The highest BCUT2D eigenvalue weighted by molar-refractivity contribution is 7.18. The molecule has 4 aromatic carbocycles. The van der Waals surface area contributed by atoms with E-state index in [2.05, 4.69) is 280 Å². The van der Waals surface area contributed by atoms with Crippen molar-refractivity contribution in [1.82, 2.24) is 64.8 Å². The molecular weight excluding hydrogens is 1550 g/mol. The second-order valence-corrected chi connectivity index (χ2v) is 30.9. The van der Waals surface area contributed by atoms with Gasteiger partial charge in [0.25, 0.3) is 0 Å². The lowest BCUT2D eigenvalue weighted by molar-refractivity contribution is 0.736. The van der Waals surface area contributed by atoms with E-state index in [0.717, 1.165) is 79.5 Å². The SMILES string of the molecule is CC.CC.CC.CC.CC.CC.CC.CC.CC.CC(C)C.CC(C)C.CC(C)C.CC(C)C.CC(C)C.CC(C)C.CC(C)C.CC(C)c1nc2ccccc2[nH]1.CC(C)c1nc2ccccc2s1.c1ccc2cnccc2c1.c1ccc2ncccc2c1.c1ccncc1.c1cnccn1.c1cncnc1.c1cscn1.c1ncc2ccsc2n1. The van der Waals surface area contributed by atoms with Crippen LogP contribution in [0.2, 0.25) is 0 Å². The average Bonchev–Trinajstić information content (AvgIpc) is 1.79. The molecule has 10 aromatic heterocycles. The van der Waals surface area contributed by atoms with E-state index < -0.39 is 0 Å². The summed E-state index contributed by atoms with van der Waals surface area (Å²) < 4.78 is 1.29. The lowest BCUT2D eigenvalue weighted by Gasteiger charge is -1.95. The topological polar surface area (TPSA) is 170 Å². The first-order valence-corrected chi connectivity index (χ1v) is 47.8. The van der Waals surface area contributed by atoms with Crippen LogP contribution >= 0.6 is 34.0 Å². The summed E-state index contributed by atoms with van der Waals surface area (Å²) in [5.74, 6) is 7.91. The Balaban J connectivity index is -0.000000120. The molecule has 0 spiro atoms. The highest BCUT2D eigenvalue weighted by Gasteiger charge is 2.06. The van der Waals surface area contributed by atoms with Crippen molar-refractivity contribution in [1.29, 1.82) is 0 Å². The number of hydrogen-bond donors (Lipinski definition) is 1. The molecule has 14 rings (SSSR count). The predicted octanol–water partition coefficient (Wildman–Crippen LogP) is 36.3. The van der Waals surface area contributed by atoms with Crippen LogP contribution in [-0.2, 0) is 0 Å². The number of benzene rings is 4. The van der Waals surface area contributed by atoms with Crippen LogP contribution in [0.5, 0.6) is 0 Å². The van der Waals surface area contributed by atoms with E-state index in [-0.39, 0.29) is 0 Å². The number of rotatable bonds is 2. The zero-order valence-electron chi connectivity index (χ0n) is 85.5. The lowest BCUT2D eigenvalue weighted by atomic mass is 10.2. The number of aromatic amines is 1. The molecule has 0 aliphatic rings. The Morgan fingerprint density at radius 3 is 1.01 bits per heavy atom. The summed E-state index contributed by atoms with van der Waals surface area (Å²) in [7, 11) is 0. The third-order valence-electron chi connectivity index (χ3n) is 9.82. The highest BCUT2D eigenvalue weighted by atomic mass is 32.1. The van der Waals surface area contributed by atoms with Gasteiger partial charge in [-0.1, -0.05) is 377 Å². The molecule has 688 valence electrons. The maximum absolute atomic E-state index is 4.53. The summed E-state index contributed by atoms with van der Waals surface area (Å²) in [6, 6.07) is 48.2. The molecule has 0 fully saturated rings. The van der Waals surface area contributed by atoms with Crippen LogP contribution in [0.3, 0.4) is 0 Å². The third kappa shape index (κ3) is 105. The van der Waals surface area contributed by atoms with Crippen LogP contribution in [0.15, 0.2) is 255 Å². The second-order valence-electron chi connectivity index (χ2n) is 28.2. The van der Waals surface area contributed by atoms with Gasteiger partial charge in [-0.05, 0) is 124 Å². The molecule has 1 N–H and O–H groups in total. The second kappa shape index (κ2) is 110. The standard InChI is InChI=1S/C10H12N2.C10H11NS.2C9H7N.C6H4N2S.C5H5N.2C4H4N2.7C4H10.C3H3NS.9C2H6/c2*1-7(2)10-11-8-5-3-4-6-9(8)12-10;1-2-6-9-8(4-1)5-3-7-10-9;1-2-4-9-7-10-6-5-8(9)3-1;1-2-9-6-5(1)3-7-4-8-6;1-2-4-6-5-3-1;1-2-6-4-3-5-1;1-2-5-4-6-3-1;7*1-4(2)3;1-2-5-3-4-1;9*1-2/h3-7H,1-2H3,(H,11,12);3-7H,1-2H3;2*1-7H;1-4H;1-5H;2*1-4H;7*4H,1-3H3;1-3H;9*1-2H3. The van der Waals surface area contributed by atoms with Crippen LogP contribution < -0.4 is 0 Å². The molecule has 0 unspecified atom stereocenters. The minimum absolute atomic E-state index is 0.470. The van der Waals surface area contributed by atoms with Gasteiger partial charge in [-0.2, -0.15) is 0 Å². The Kier molecular flexibility index (Phi) is 123. The molecule has 0 atom stereocenters. The van der Waals surface area contributed by atoms with Gasteiger partial charge in [0, 0.05) is 109 Å². The van der Waals surface area contributed by atoms with Gasteiger partial charge in [-0.25, -0.2) is 29.9 Å². The van der Waals surface area contributed by atoms with E-state index in [1.165, 1.54) is 32.2 Å². The fraction of sp³-hybridized carbons (Fsp3) is 0.491. The minimum Gasteiger partial charge on any atom is -0.342 e. The lowest BCUT2D eigenvalue weighted by Crippen LogP contribution is -1.88. The van der Waals surface area contributed by atoms with E-state index >= 15 is 0 Å². The Hall–Kier alpha value is -8.96. The number of para-hydroxylation sites is 4. The van der Waals surface area contributed by atoms with Crippen molar-refractivity contribution in [3.8, 4) is 0 Å². The van der Waals surface area contributed by atoms with Gasteiger partial charge in [0.1, 0.15) is 23.3 Å². The molecular formula is C106H181N13S3. The quantitative estimate of drug-likeness (QED) is 0.174. The van der Waals surface area contributed by atoms with Crippen molar-refractivity contribution in [2.75, 3.05) is 0 Å². The summed E-state index contributed by atoms with van der Waals surface area (Å²) >= 11 is 5.03. The first kappa shape index (κ1) is 136. The molecule has 16 heteroatoms. The van der Waals surface area contributed by atoms with Crippen LogP contribution in [0.25, 0.3) is 53.1 Å². The number of imidazole rings is 1. The Bertz CT molecular complexity index is 3420. The van der Waals surface area contributed by atoms with Crippen LogP contribution in [0.1, 0.15) is 320 Å². The monoisotopic (exact) mass is 1730 g/mol. The number of H-pyrrole nitrogens is 1. The first-order valence-electron chi connectivity index (χ1n) is 45.2. The van der Waals surface area contributed by atoms with E-state index in [4.69, 9.17) is 0 Å². The maximum Gasteiger partial charge on any atom is 0.126 e. The number of hydrogen-bond acceptors (Lipinski definition) is 15. The molecule has 122 heavy (non-hydrogen) atoms. The maximum atomic E-state index is 4.53. The van der Waals surface area contributed by atoms with Gasteiger partial charge in [0.05, 0.1) is 37.3 Å². The molecule has 0 bridgehead atoms. The van der Waals surface area contributed by atoms with Gasteiger partial charge in [0.2, 0.25) is 0 Å². The van der Waals surface area contributed by atoms with Crippen LogP contribution in [-0.4, -0.2) is 64.8 Å². The summed E-state index contributed by atoms with van der Waals surface area (Å²) in [6.07, 6.45) is 25.6. The molecule has 10 heterocycles. The van der Waals surface area contributed by atoms with Gasteiger partial charge >= 0.3 is 0 Å². The number of pyridine rings is 3. The fourth-order valence-corrected chi connectivity index (χ4v) is 8.16. The Morgan fingerprint density at radius 2 is 0.664 bits per heavy atom. The van der Waals surface area contributed by atoms with Gasteiger partial charge in [0.15, 0.2) is 0 Å². The van der Waals surface area contributed by atoms with Crippen molar-refractivity contribution in [2.24, 2.45) is 41.4 Å². The summed E-state index contributed by atoms with van der Waals surface area (Å²) in [4.78, 5) is 51.8. The average molecular weight is 1730 g/mol. The zero-order valence-corrected chi connectivity index (χ0v) is 88.0. The minimum atomic E-state index is 0.470. The third-order valence-corrected chi connectivity index (χ3v) is 12.5. The van der Waals surface area contributed by atoms with Crippen molar-refractivity contribution >= 4 is 87.2 Å². The van der Waals surface area contributed by atoms with Gasteiger partial charge < -0.3 is 4.98 Å². The largest absolute Gasteiger partial charge is 0.342 e. The van der Waals surface area contributed by atoms with Gasteiger partial charge in [-0.15, -0.1) is 34.0 Å². The van der Waals surface area contributed by atoms with Crippen molar-refractivity contribution in [2.45, 2.75) is 310 Å². The highest BCUT2D eigenvalue weighted by Crippen LogP contribution is 2.26. The number of nitrogens with zero attached hydrogens (tertiary/aromatic N) is 12. The number of aromatic nitrogens is 13. The summed E-state index contributed by atoms with van der Waals surface area (Å²) in [6.45, 7) is 90.1. The predicted molar refractivity (Wildman–Crippen MR) is 561 cm³/mol. The Labute approximate surface area is 763 Å². The molecule has 0 amide bonds. The molecule has 13 nitrogen and oxygen atoms in total. The summed E-state index contributed by atoms with van der Waals surface area (Å²) in [5, 5.41) is 9.95. The molecule has 0 aliphatic heterocycles. The van der Waals surface area contributed by atoms with Crippen molar-refractivity contribution < 1.29 is 0 Å². The summed E-state index contributed by atoms with van der Waals surface area (Å²) in [5.41, 5.74) is 6.17. The van der Waals surface area contributed by atoms with Crippen molar-refractivity contribution in [3.63, 3.8) is 0 Å². The normalized spacial score (nSPS) is 8.62. The fourth-order valence-electron chi connectivity index (χ4n) is 6.13. The van der Waals surface area contributed by atoms with E-state index in [0.29, 0.717) is 11.8 Å². The number of thiophene rings is 1. The van der Waals surface area contributed by atoms with Gasteiger partial charge in [-0.3, -0.25) is 29.9 Å². The number of thiazole rings is 2. The van der Waals surface area contributed by atoms with Crippen LogP contribution in [0.4, 0.5) is 0 Å². The molecule has 0 saturated carbocycles. The smallest absolute Gasteiger partial charge is 0.126 e. The molecule has 14 aromatic rings. The van der Waals surface area contributed by atoms with Crippen molar-refractivity contribution in [3.05, 3.63) is 266 Å². The van der Waals surface area contributed by atoms with E-state index in [9.17, 15) is 0 Å². The number of fused-ring (bicyclic) bond motifs is 5. The Morgan fingerprint density at radius 1 is 0.262 bits per heavy atom. The van der Waals surface area contributed by atoms with E-state index in [1.54, 1.807) is 108 Å². The first-order chi connectivity index (χ1) is 58.6. The van der Waals surface area contributed by atoms with Crippen LogP contribution in [0, 0.1) is 41.4 Å². The number of nitrogens with one attached hydrogen (secondary N) is 1.